The molecule has 1 atom stereocenters. The lowest BCUT2D eigenvalue weighted by molar-refractivity contribution is -0.146. The SMILES string of the molecule is CCOc1ccc(C=C2SC(=S)N(C(C(=O)O)C(C)C)C2=O)cc1OC. The van der Waals surface area contributed by atoms with Crippen molar-refractivity contribution in [2.24, 2.45) is 5.92 Å². The number of ether oxygens (including phenoxy) is 2. The van der Waals surface area contributed by atoms with Crippen LogP contribution in [0.5, 0.6) is 11.5 Å². The summed E-state index contributed by atoms with van der Waals surface area (Å²) in [5, 5.41) is 9.45. The molecule has 1 aromatic rings. The van der Waals surface area contributed by atoms with Gasteiger partial charge in [0.1, 0.15) is 10.4 Å². The fraction of sp³-hybridized carbons (Fsp3) is 0.389. The molecule has 0 aromatic heterocycles. The van der Waals surface area contributed by atoms with Crippen LogP contribution in [-0.4, -0.2) is 46.0 Å². The number of carbonyl (C=O) groups is 2. The number of benzene rings is 1. The van der Waals surface area contributed by atoms with E-state index >= 15 is 0 Å². The van der Waals surface area contributed by atoms with Crippen molar-refractivity contribution in [2.75, 3.05) is 13.7 Å². The smallest absolute Gasteiger partial charge is 0.327 e. The summed E-state index contributed by atoms with van der Waals surface area (Å²) in [7, 11) is 1.54. The Morgan fingerprint density at radius 2 is 2.08 bits per heavy atom. The summed E-state index contributed by atoms with van der Waals surface area (Å²) in [6, 6.07) is 4.35. The minimum atomic E-state index is -1.07. The number of methoxy groups -OCH3 is 1. The Balaban J connectivity index is 2.34. The average Bonchev–Trinajstić information content (AvgIpc) is 2.83. The zero-order valence-corrected chi connectivity index (χ0v) is 16.6. The normalized spacial score (nSPS) is 17.1. The molecule has 8 heteroatoms. The fourth-order valence-corrected chi connectivity index (χ4v) is 3.94. The van der Waals surface area contributed by atoms with Crippen molar-refractivity contribution < 1.29 is 24.2 Å². The van der Waals surface area contributed by atoms with Crippen molar-refractivity contribution in [3.05, 3.63) is 28.7 Å². The molecule has 0 aliphatic carbocycles. The molecule has 2 rings (SSSR count). The largest absolute Gasteiger partial charge is 0.493 e. The highest BCUT2D eigenvalue weighted by atomic mass is 32.2. The van der Waals surface area contributed by atoms with E-state index in [0.717, 1.165) is 17.3 Å². The Kier molecular flexibility index (Phi) is 6.66. The molecule has 0 saturated carbocycles. The second-order valence-electron chi connectivity index (χ2n) is 5.92. The van der Waals surface area contributed by atoms with Gasteiger partial charge in [-0.25, -0.2) is 4.79 Å². The van der Waals surface area contributed by atoms with Gasteiger partial charge in [0.15, 0.2) is 11.5 Å². The summed E-state index contributed by atoms with van der Waals surface area (Å²) in [6.07, 6.45) is 1.68. The Bertz CT molecular complexity index is 760. The summed E-state index contributed by atoms with van der Waals surface area (Å²) in [6.45, 7) is 5.89. The molecule has 1 unspecified atom stereocenters. The van der Waals surface area contributed by atoms with Crippen LogP contribution in [-0.2, 0) is 9.59 Å². The van der Waals surface area contributed by atoms with E-state index in [1.54, 1.807) is 45.2 Å². The summed E-state index contributed by atoms with van der Waals surface area (Å²) in [5.41, 5.74) is 0.738. The number of thiocarbonyl (C=S) groups is 1. The number of carbonyl (C=O) groups excluding carboxylic acids is 1. The molecule has 1 aliphatic rings. The second-order valence-corrected chi connectivity index (χ2v) is 7.60. The van der Waals surface area contributed by atoms with Crippen LogP contribution in [0.4, 0.5) is 0 Å². The van der Waals surface area contributed by atoms with Crippen molar-refractivity contribution in [2.45, 2.75) is 26.8 Å². The van der Waals surface area contributed by atoms with E-state index in [1.807, 2.05) is 6.92 Å². The summed E-state index contributed by atoms with van der Waals surface area (Å²) in [4.78, 5) is 25.8. The van der Waals surface area contributed by atoms with Crippen LogP contribution in [0, 0.1) is 5.92 Å². The molecule has 140 valence electrons. The first-order valence-corrected chi connectivity index (χ1v) is 9.33. The quantitative estimate of drug-likeness (QED) is 0.560. The summed E-state index contributed by atoms with van der Waals surface area (Å²) < 4.78 is 11.0. The molecule has 1 amide bonds. The summed E-state index contributed by atoms with van der Waals surface area (Å²) in [5.74, 6) is -0.554. The van der Waals surface area contributed by atoms with Gasteiger partial charge in [-0.1, -0.05) is 43.9 Å². The van der Waals surface area contributed by atoms with Crippen LogP contribution < -0.4 is 9.47 Å². The van der Waals surface area contributed by atoms with Crippen LogP contribution >= 0.6 is 24.0 Å². The molecule has 0 spiro atoms. The van der Waals surface area contributed by atoms with Gasteiger partial charge < -0.3 is 14.6 Å². The fourth-order valence-electron chi connectivity index (χ4n) is 2.61. The van der Waals surface area contributed by atoms with E-state index in [0.29, 0.717) is 23.0 Å². The van der Waals surface area contributed by atoms with Crippen molar-refractivity contribution >= 4 is 46.3 Å². The first-order chi connectivity index (χ1) is 12.3. The molecule has 1 aliphatic heterocycles. The van der Waals surface area contributed by atoms with Crippen molar-refractivity contribution in [3.8, 4) is 11.5 Å². The maximum absolute atomic E-state index is 12.7. The number of hydrogen-bond donors (Lipinski definition) is 1. The van der Waals surface area contributed by atoms with Crippen molar-refractivity contribution in [1.29, 1.82) is 0 Å². The average molecular weight is 396 g/mol. The third-order valence-corrected chi connectivity index (χ3v) is 5.10. The molecular formula is C18H21NO5S2. The highest BCUT2D eigenvalue weighted by Gasteiger charge is 2.41. The lowest BCUT2D eigenvalue weighted by atomic mass is 10.0. The lowest BCUT2D eigenvalue weighted by Crippen LogP contribution is -2.47. The maximum atomic E-state index is 12.7. The Morgan fingerprint density at radius 1 is 1.38 bits per heavy atom. The van der Waals surface area contributed by atoms with Crippen LogP contribution in [0.1, 0.15) is 26.3 Å². The van der Waals surface area contributed by atoms with E-state index in [4.69, 9.17) is 21.7 Å². The topological polar surface area (TPSA) is 76.1 Å². The first-order valence-electron chi connectivity index (χ1n) is 8.10. The van der Waals surface area contributed by atoms with E-state index in [1.165, 1.54) is 4.90 Å². The maximum Gasteiger partial charge on any atom is 0.327 e. The number of hydrogen-bond acceptors (Lipinski definition) is 6. The Morgan fingerprint density at radius 3 is 2.62 bits per heavy atom. The van der Waals surface area contributed by atoms with E-state index in [2.05, 4.69) is 0 Å². The number of carboxylic acid groups (broad SMARTS) is 1. The van der Waals surface area contributed by atoms with Crippen LogP contribution in [0.15, 0.2) is 23.1 Å². The van der Waals surface area contributed by atoms with Gasteiger partial charge in [-0.05, 0) is 36.6 Å². The Hall–Kier alpha value is -2.06. The van der Waals surface area contributed by atoms with Gasteiger partial charge in [0, 0.05) is 0 Å². The third-order valence-electron chi connectivity index (χ3n) is 3.77. The van der Waals surface area contributed by atoms with Crippen LogP contribution in [0.25, 0.3) is 6.08 Å². The minimum Gasteiger partial charge on any atom is -0.493 e. The highest BCUT2D eigenvalue weighted by molar-refractivity contribution is 8.26. The van der Waals surface area contributed by atoms with Gasteiger partial charge >= 0.3 is 5.97 Å². The predicted octanol–water partition coefficient (Wildman–Crippen LogP) is 3.40. The molecule has 0 radical (unpaired) electrons. The minimum absolute atomic E-state index is 0.250. The lowest BCUT2D eigenvalue weighted by Gasteiger charge is -2.26. The number of amides is 1. The summed E-state index contributed by atoms with van der Waals surface area (Å²) >= 11 is 6.35. The monoisotopic (exact) mass is 395 g/mol. The van der Waals surface area contributed by atoms with E-state index in [9.17, 15) is 14.7 Å². The molecule has 6 nitrogen and oxygen atoms in total. The van der Waals surface area contributed by atoms with Crippen molar-refractivity contribution in [1.82, 2.24) is 4.90 Å². The van der Waals surface area contributed by atoms with Gasteiger partial charge in [-0.3, -0.25) is 9.69 Å². The molecule has 1 aromatic carbocycles. The molecule has 1 heterocycles. The second kappa shape index (κ2) is 8.55. The standard InChI is InChI=1S/C18H21NO5S2/c1-5-24-12-7-6-11(8-13(12)23-4)9-14-16(20)19(18(25)26-14)15(10(2)3)17(21)22/h6-10,15H,5H2,1-4H3,(H,21,22). The molecule has 26 heavy (non-hydrogen) atoms. The zero-order chi connectivity index (χ0) is 19.4. The third kappa shape index (κ3) is 4.19. The predicted molar refractivity (Wildman–Crippen MR) is 105 cm³/mol. The molecular weight excluding hydrogens is 374 g/mol. The number of rotatable bonds is 7. The molecule has 1 saturated heterocycles. The number of nitrogens with zero attached hydrogens (tertiary/aromatic N) is 1. The van der Waals surface area contributed by atoms with Gasteiger partial charge in [-0.15, -0.1) is 0 Å². The van der Waals surface area contributed by atoms with E-state index in [-0.39, 0.29) is 10.2 Å². The van der Waals surface area contributed by atoms with Gasteiger partial charge in [0.2, 0.25) is 0 Å². The molecule has 1 fully saturated rings. The van der Waals surface area contributed by atoms with E-state index < -0.39 is 17.9 Å². The molecule has 0 bridgehead atoms. The highest BCUT2D eigenvalue weighted by Crippen LogP contribution is 2.36. The molecule has 1 N–H and O–H groups in total. The number of carboxylic acids is 1. The number of aliphatic carboxylic acids is 1. The first kappa shape index (κ1) is 20.3. The zero-order valence-electron chi connectivity index (χ0n) is 15.0. The number of thioether (sulfide) groups is 1. The van der Waals surface area contributed by atoms with Crippen LogP contribution in [0.2, 0.25) is 0 Å². The van der Waals surface area contributed by atoms with Gasteiger partial charge in [0.25, 0.3) is 5.91 Å². The van der Waals surface area contributed by atoms with Crippen molar-refractivity contribution in [3.63, 3.8) is 0 Å². The van der Waals surface area contributed by atoms with Gasteiger partial charge in [0.05, 0.1) is 18.6 Å². The van der Waals surface area contributed by atoms with Gasteiger partial charge in [-0.2, -0.15) is 0 Å². The Labute approximate surface area is 162 Å². The van der Waals surface area contributed by atoms with Crippen LogP contribution in [0.3, 0.4) is 0 Å².